The number of unbranched alkanes of at least 4 members (excludes halogenated alkanes) is 3. The van der Waals surface area contributed by atoms with Crippen LogP contribution in [0.3, 0.4) is 0 Å². The van der Waals surface area contributed by atoms with Crippen molar-refractivity contribution in [2.75, 3.05) is 26.3 Å². The van der Waals surface area contributed by atoms with Gasteiger partial charge in [0.05, 0.1) is 0 Å². The number of hydrogen-bond acceptors (Lipinski definition) is 4. The number of ether oxygens (including phenoxy) is 1. The fourth-order valence-electron chi connectivity index (χ4n) is 2.09. The lowest BCUT2D eigenvalue weighted by molar-refractivity contribution is 0.106. The summed E-state index contributed by atoms with van der Waals surface area (Å²) in [7, 11) is 0. The summed E-state index contributed by atoms with van der Waals surface area (Å²) in [5, 5.41) is 21.8. The predicted molar refractivity (Wildman–Crippen MR) is 85.8 cm³/mol. The van der Waals surface area contributed by atoms with Crippen molar-refractivity contribution >= 4 is 0 Å². The number of nitrogens with one attached hydrogen (secondary N) is 1. The Labute approximate surface area is 128 Å². The molecule has 0 bridgehead atoms. The molecule has 0 aliphatic heterocycles. The minimum atomic E-state index is -0.498. The van der Waals surface area contributed by atoms with Gasteiger partial charge < -0.3 is 20.3 Å². The fourth-order valence-corrected chi connectivity index (χ4v) is 2.09. The molecule has 0 fully saturated rings. The summed E-state index contributed by atoms with van der Waals surface area (Å²) in [5.41, 5.74) is 2.25. The van der Waals surface area contributed by atoms with Crippen molar-refractivity contribution < 1.29 is 14.9 Å². The Morgan fingerprint density at radius 2 is 1.90 bits per heavy atom. The predicted octanol–water partition coefficient (Wildman–Crippen LogP) is 2.19. The Morgan fingerprint density at radius 1 is 1.14 bits per heavy atom. The second-order valence-corrected chi connectivity index (χ2v) is 5.58. The van der Waals surface area contributed by atoms with Crippen LogP contribution in [0.2, 0.25) is 0 Å². The lowest BCUT2D eigenvalue weighted by atomic mass is 10.1. The summed E-state index contributed by atoms with van der Waals surface area (Å²) in [6, 6.07) is 6.08. The molecule has 0 amide bonds. The maximum absolute atomic E-state index is 9.89. The SMILES string of the molecule is Cc1ccc(C)c(OCC(O)CNCCCCCCO)c1. The second kappa shape index (κ2) is 10.6. The summed E-state index contributed by atoms with van der Waals surface area (Å²) in [6.07, 6.45) is 3.64. The second-order valence-electron chi connectivity index (χ2n) is 5.58. The average Bonchev–Trinajstić information content (AvgIpc) is 2.47. The lowest BCUT2D eigenvalue weighted by Crippen LogP contribution is -2.32. The van der Waals surface area contributed by atoms with E-state index in [9.17, 15) is 5.11 Å². The molecule has 1 aromatic rings. The van der Waals surface area contributed by atoms with Crippen LogP contribution in [0.4, 0.5) is 0 Å². The van der Waals surface area contributed by atoms with Gasteiger partial charge in [0.1, 0.15) is 18.5 Å². The van der Waals surface area contributed by atoms with E-state index in [0.29, 0.717) is 13.2 Å². The molecule has 4 nitrogen and oxygen atoms in total. The van der Waals surface area contributed by atoms with E-state index < -0.39 is 6.10 Å². The number of aliphatic hydroxyl groups excluding tert-OH is 2. The van der Waals surface area contributed by atoms with Crippen LogP contribution in [-0.4, -0.2) is 42.6 Å². The van der Waals surface area contributed by atoms with Crippen molar-refractivity contribution in [3.63, 3.8) is 0 Å². The van der Waals surface area contributed by atoms with Gasteiger partial charge in [0.2, 0.25) is 0 Å². The van der Waals surface area contributed by atoms with Crippen LogP contribution in [0.5, 0.6) is 5.75 Å². The van der Waals surface area contributed by atoms with Crippen LogP contribution in [0.1, 0.15) is 36.8 Å². The highest BCUT2D eigenvalue weighted by atomic mass is 16.5. The zero-order valence-electron chi connectivity index (χ0n) is 13.3. The molecule has 0 saturated heterocycles. The van der Waals surface area contributed by atoms with E-state index in [1.54, 1.807) is 0 Å². The van der Waals surface area contributed by atoms with Crippen molar-refractivity contribution in [1.82, 2.24) is 5.32 Å². The smallest absolute Gasteiger partial charge is 0.122 e. The van der Waals surface area contributed by atoms with Crippen molar-refractivity contribution in [3.8, 4) is 5.75 Å². The van der Waals surface area contributed by atoms with Gasteiger partial charge in [-0.25, -0.2) is 0 Å². The van der Waals surface area contributed by atoms with Gasteiger partial charge in [-0.15, -0.1) is 0 Å². The molecular formula is C17H29NO3. The van der Waals surface area contributed by atoms with Crippen molar-refractivity contribution in [1.29, 1.82) is 0 Å². The van der Waals surface area contributed by atoms with Crippen LogP contribution in [-0.2, 0) is 0 Å². The van der Waals surface area contributed by atoms with Gasteiger partial charge in [-0.1, -0.05) is 25.0 Å². The average molecular weight is 295 g/mol. The number of hydrogen-bond donors (Lipinski definition) is 3. The van der Waals surface area contributed by atoms with E-state index in [2.05, 4.69) is 11.4 Å². The molecule has 21 heavy (non-hydrogen) atoms. The largest absolute Gasteiger partial charge is 0.491 e. The third-order valence-corrected chi connectivity index (χ3v) is 3.42. The van der Waals surface area contributed by atoms with Crippen LogP contribution < -0.4 is 10.1 Å². The summed E-state index contributed by atoms with van der Waals surface area (Å²) in [5.74, 6) is 0.845. The fraction of sp³-hybridized carbons (Fsp3) is 0.647. The molecule has 0 radical (unpaired) electrons. The Morgan fingerprint density at radius 3 is 2.67 bits per heavy atom. The van der Waals surface area contributed by atoms with Gasteiger partial charge in [0, 0.05) is 13.2 Å². The van der Waals surface area contributed by atoms with Gasteiger partial charge in [0.15, 0.2) is 0 Å². The minimum absolute atomic E-state index is 0.280. The topological polar surface area (TPSA) is 61.7 Å². The maximum atomic E-state index is 9.89. The lowest BCUT2D eigenvalue weighted by Gasteiger charge is -2.15. The Hall–Kier alpha value is -1.10. The van der Waals surface area contributed by atoms with Crippen LogP contribution >= 0.6 is 0 Å². The maximum Gasteiger partial charge on any atom is 0.122 e. The molecule has 1 unspecified atom stereocenters. The summed E-state index contributed by atoms with van der Waals surface area (Å²) >= 11 is 0. The van der Waals surface area contributed by atoms with E-state index in [1.165, 1.54) is 0 Å². The molecule has 1 atom stereocenters. The molecule has 0 spiro atoms. The van der Waals surface area contributed by atoms with Gasteiger partial charge in [-0.05, 0) is 50.4 Å². The van der Waals surface area contributed by atoms with E-state index in [-0.39, 0.29) is 6.61 Å². The molecule has 4 heteroatoms. The highest BCUT2D eigenvalue weighted by molar-refractivity contribution is 5.35. The molecule has 1 rings (SSSR count). The number of rotatable bonds is 11. The Kier molecular flexibility index (Phi) is 9.06. The molecule has 0 aromatic heterocycles. The van der Waals surface area contributed by atoms with Crippen LogP contribution in [0.15, 0.2) is 18.2 Å². The highest BCUT2D eigenvalue weighted by Gasteiger charge is 2.06. The van der Waals surface area contributed by atoms with E-state index in [0.717, 1.165) is 49.1 Å². The standard InChI is InChI=1S/C17H29NO3/c1-14-7-8-15(2)17(11-14)21-13-16(20)12-18-9-5-3-4-6-10-19/h7-8,11,16,18-20H,3-6,9-10,12-13H2,1-2H3. The van der Waals surface area contributed by atoms with E-state index in [1.807, 2.05) is 26.0 Å². The highest BCUT2D eigenvalue weighted by Crippen LogP contribution is 2.19. The van der Waals surface area contributed by atoms with Crippen molar-refractivity contribution in [3.05, 3.63) is 29.3 Å². The quantitative estimate of drug-likeness (QED) is 0.548. The zero-order chi connectivity index (χ0) is 15.5. The summed E-state index contributed by atoms with van der Waals surface area (Å²) < 4.78 is 5.67. The molecule has 1 aromatic carbocycles. The normalized spacial score (nSPS) is 12.4. The van der Waals surface area contributed by atoms with Gasteiger partial charge >= 0.3 is 0 Å². The summed E-state index contributed by atoms with van der Waals surface area (Å²) in [6.45, 7) is 6.06. The minimum Gasteiger partial charge on any atom is -0.491 e. The third kappa shape index (κ3) is 8.05. The van der Waals surface area contributed by atoms with E-state index >= 15 is 0 Å². The summed E-state index contributed by atoms with van der Waals surface area (Å²) in [4.78, 5) is 0. The number of aryl methyl sites for hydroxylation is 2. The monoisotopic (exact) mass is 295 g/mol. The zero-order valence-corrected chi connectivity index (χ0v) is 13.3. The molecule has 120 valence electrons. The Bertz CT molecular complexity index is 396. The van der Waals surface area contributed by atoms with Crippen LogP contribution in [0, 0.1) is 13.8 Å². The van der Waals surface area contributed by atoms with Gasteiger partial charge in [0.25, 0.3) is 0 Å². The van der Waals surface area contributed by atoms with Crippen LogP contribution in [0.25, 0.3) is 0 Å². The molecule has 0 aliphatic rings. The molecular weight excluding hydrogens is 266 g/mol. The molecule has 0 heterocycles. The third-order valence-electron chi connectivity index (χ3n) is 3.42. The molecule has 0 saturated carbocycles. The number of aliphatic hydroxyl groups is 2. The van der Waals surface area contributed by atoms with Crippen molar-refractivity contribution in [2.45, 2.75) is 45.6 Å². The first kappa shape index (κ1) is 18.0. The first-order chi connectivity index (χ1) is 10.1. The van der Waals surface area contributed by atoms with Gasteiger partial charge in [-0.3, -0.25) is 0 Å². The Balaban J connectivity index is 2.11. The van der Waals surface area contributed by atoms with E-state index in [4.69, 9.17) is 9.84 Å². The van der Waals surface area contributed by atoms with Crippen molar-refractivity contribution in [2.24, 2.45) is 0 Å². The van der Waals surface area contributed by atoms with Gasteiger partial charge in [-0.2, -0.15) is 0 Å². The molecule has 3 N–H and O–H groups in total. The number of benzene rings is 1. The first-order valence-corrected chi connectivity index (χ1v) is 7.83. The first-order valence-electron chi connectivity index (χ1n) is 7.83. The molecule has 0 aliphatic carbocycles.